The van der Waals surface area contributed by atoms with E-state index < -0.39 is 22.9 Å². The van der Waals surface area contributed by atoms with Crippen molar-refractivity contribution in [2.45, 2.75) is 17.7 Å². The lowest BCUT2D eigenvalue weighted by Gasteiger charge is -2.20. The van der Waals surface area contributed by atoms with Crippen LogP contribution in [0.1, 0.15) is 39.9 Å². The Balaban J connectivity index is 1.79. The van der Waals surface area contributed by atoms with Gasteiger partial charge in [0.25, 0.3) is 0 Å². The van der Waals surface area contributed by atoms with Gasteiger partial charge >= 0.3 is 11.9 Å². The van der Waals surface area contributed by atoms with Crippen molar-refractivity contribution in [3.8, 4) is 5.75 Å². The summed E-state index contributed by atoms with van der Waals surface area (Å²) in [6.07, 6.45) is -0.668. The van der Waals surface area contributed by atoms with Crippen molar-refractivity contribution in [1.29, 1.82) is 0 Å². The van der Waals surface area contributed by atoms with Gasteiger partial charge in [0.15, 0.2) is 16.8 Å². The minimum atomic E-state index is -1.58. The second-order valence-electron chi connectivity index (χ2n) is 5.74. The van der Waals surface area contributed by atoms with Gasteiger partial charge in [-0.3, -0.25) is 14.4 Å². The lowest BCUT2D eigenvalue weighted by Crippen LogP contribution is -2.22. The van der Waals surface area contributed by atoms with Gasteiger partial charge < -0.3 is 9.84 Å². The van der Waals surface area contributed by atoms with Crippen molar-refractivity contribution >= 4 is 34.4 Å². The molecule has 26 heavy (non-hydrogen) atoms. The molecule has 0 spiro atoms. The molecule has 0 radical (unpaired) electrons. The maximum Gasteiger partial charge on any atom is 0.311 e. The molecule has 2 aromatic rings. The molecule has 8 heteroatoms. The van der Waals surface area contributed by atoms with E-state index in [1.807, 2.05) is 0 Å². The van der Waals surface area contributed by atoms with Crippen LogP contribution in [0, 0.1) is 0 Å². The monoisotopic (exact) mass is 369 g/mol. The number of rotatable bonds is 4. The summed E-state index contributed by atoms with van der Waals surface area (Å²) >= 11 is 0. The number of aliphatic carboxylic acids is 1. The van der Waals surface area contributed by atoms with Gasteiger partial charge in [0.05, 0.1) is 29.0 Å². The van der Waals surface area contributed by atoms with Gasteiger partial charge in [-0.05, 0) is 12.1 Å². The fraction of sp³-hybridized carbons (Fsp3) is 0.111. The number of nitrogens with zero attached hydrogens (tertiary/aromatic N) is 1. The molecule has 2 aliphatic rings. The third-order valence-corrected chi connectivity index (χ3v) is 5.21. The molecule has 0 bridgehead atoms. The van der Waals surface area contributed by atoms with E-state index in [4.69, 9.17) is 9.84 Å². The normalized spacial score (nSPS) is 16.5. The van der Waals surface area contributed by atoms with Crippen LogP contribution in [0.3, 0.4) is 0 Å². The fourth-order valence-corrected chi connectivity index (χ4v) is 4.07. The molecule has 4 rings (SSSR count). The molecule has 2 aromatic carbocycles. The van der Waals surface area contributed by atoms with E-state index in [0.717, 1.165) is 0 Å². The van der Waals surface area contributed by atoms with Crippen molar-refractivity contribution < 1.29 is 28.4 Å². The molecular formula is C18H11NO6S. The molecule has 0 saturated heterocycles. The molecule has 0 aromatic heterocycles. The third-order valence-electron chi connectivity index (χ3n) is 4.15. The Morgan fingerprint density at radius 2 is 1.77 bits per heavy atom. The summed E-state index contributed by atoms with van der Waals surface area (Å²) in [4.78, 5) is 35.9. The molecule has 0 amide bonds. The number of hydrogen-bond acceptors (Lipinski definition) is 5. The summed E-state index contributed by atoms with van der Waals surface area (Å²) in [5, 5.41) is 8.66. The third kappa shape index (κ3) is 2.46. The van der Waals surface area contributed by atoms with Crippen molar-refractivity contribution in [2.75, 3.05) is 0 Å². The lowest BCUT2D eigenvalue weighted by molar-refractivity contribution is -0.142. The molecule has 1 aliphatic heterocycles. The number of benzene rings is 2. The van der Waals surface area contributed by atoms with Crippen LogP contribution in [0.4, 0.5) is 0 Å². The number of carbonyl (C=O) groups excluding carboxylic acids is 2. The first-order valence-corrected chi connectivity index (χ1v) is 8.82. The zero-order chi connectivity index (χ0) is 18.4. The highest BCUT2D eigenvalue weighted by atomic mass is 32.2. The van der Waals surface area contributed by atoms with E-state index in [9.17, 15) is 18.6 Å². The SMILES string of the molecule is O=C(O)CCC(=O)Oc1cccc2c1C(=O)c1cccc3c1C2=NS3=O. The van der Waals surface area contributed by atoms with E-state index in [-0.39, 0.29) is 29.9 Å². The van der Waals surface area contributed by atoms with Gasteiger partial charge in [0.1, 0.15) is 5.75 Å². The minimum Gasteiger partial charge on any atom is -0.481 e. The number of carbonyl (C=O) groups is 3. The summed E-state index contributed by atoms with van der Waals surface area (Å²) in [5.41, 5.74) is 1.96. The average molecular weight is 369 g/mol. The highest BCUT2D eigenvalue weighted by Crippen LogP contribution is 2.39. The molecule has 1 heterocycles. The van der Waals surface area contributed by atoms with Gasteiger partial charge in [0, 0.05) is 16.7 Å². The summed E-state index contributed by atoms with van der Waals surface area (Å²) in [6.45, 7) is 0. The fourth-order valence-electron chi connectivity index (χ4n) is 3.04. The Morgan fingerprint density at radius 3 is 2.54 bits per heavy atom. The van der Waals surface area contributed by atoms with Crippen LogP contribution in [0.25, 0.3) is 0 Å². The maximum atomic E-state index is 13.0. The van der Waals surface area contributed by atoms with Crippen molar-refractivity contribution in [3.05, 3.63) is 58.7 Å². The molecule has 0 fully saturated rings. The maximum absolute atomic E-state index is 13.0. The van der Waals surface area contributed by atoms with Crippen LogP contribution in [-0.4, -0.2) is 32.7 Å². The smallest absolute Gasteiger partial charge is 0.311 e. The average Bonchev–Trinajstić information content (AvgIpc) is 2.96. The molecule has 1 N–H and O–H groups in total. The van der Waals surface area contributed by atoms with E-state index in [0.29, 0.717) is 27.3 Å². The quantitative estimate of drug-likeness (QED) is 0.555. The van der Waals surface area contributed by atoms with Gasteiger partial charge in [-0.25, -0.2) is 4.21 Å². The van der Waals surface area contributed by atoms with Crippen LogP contribution >= 0.6 is 0 Å². The molecule has 7 nitrogen and oxygen atoms in total. The summed E-state index contributed by atoms with van der Waals surface area (Å²) in [5.74, 6) is -2.17. The Morgan fingerprint density at radius 1 is 1.04 bits per heavy atom. The Hall–Kier alpha value is -3.13. The second kappa shape index (κ2) is 5.99. The molecule has 0 saturated carbocycles. The molecule has 1 unspecified atom stereocenters. The number of carboxylic acids is 1. The number of ketones is 1. The first-order chi connectivity index (χ1) is 12.5. The van der Waals surface area contributed by atoms with Crippen molar-refractivity contribution in [2.24, 2.45) is 4.40 Å². The zero-order valence-corrected chi connectivity index (χ0v) is 14.0. The molecule has 1 atom stereocenters. The Labute approximate surface area is 149 Å². The summed E-state index contributed by atoms with van der Waals surface area (Å²) < 4.78 is 21.6. The van der Waals surface area contributed by atoms with E-state index >= 15 is 0 Å². The predicted octanol–water partition coefficient (Wildman–Crippen LogP) is 1.87. The zero-order valence-electron chi connectivity index (χ0n) is 13.2. The van der Waals surface area contributed by atoms with Crippen molar-refractivity contribution in [1.82, 2.24) is 0 Å². The molecule has 130 valence electrons. The molecule has 1 aliphatic carbocycles. The highest BCUT2D eigenvalue weighted by Gasteiger charge is 2.37. The van der Waals surface area contributed by atoms with Crippen LogP contribution in [0.2, 0.25) is 0 Å². The highest BCUT2D eigenvalue weighted by molar-refractivity contribution is 7.84. The topological polar surface area (TPSA) is 110 Å². The number of fused-ring (bicyclic) bond motifs is 2. The van der Waals surface area contributed by atoms with Gasteiger partial charge in [0.2, 0.25) is 0 Å². The van der Waals surface area contributed by atoms with Gasteiger partial charge in [-0.2, -0.15) is 4.40 Å². The number of carboxylic acid groups (broad SMARTS) is 1. The first kappa shape index (κ1) is 16.3. The van der Waals surface area contributed by atoms with E-state index in [2.05, 4.69) is 4.40 Å². The predicted molar refractivity (Wildman–Crippen MR) is 90.9 cm³/mol. The van der Waals surface area contributed by atoms with E-state index in [1.165, 1.54) is 6.07 Å². The van der Waals surface area contributed by atoms with Crippen LogP contribution in [0.5, 0.6) is 5.75 Å². The number of hydrogen-bond donors (Lipinski definition) is 1. The van der Waals surface area contributed by atoms with Gasteiger partial charge in [-0.15, -0.1) is 0 Å². The standard InChI is InChI=1S/C18H11NO6S/c20-13(21)7-8-14(22)25-11-5-1-3-9-15(11)18(23)10-4-2-6-12-16(10)17(9)19-26(12)24/h1-6H,7-8H2,(H,20,21). The lowest BCUT2D eigenvalue weighted by atomic mass is 9.83. The summed E-state index contributed by atoms with van der Waals surface area (Å²) in [6, 6.07) is 9.64. The number of ether oxygens (including phenoxy) is 1. The Bertz CT molecular complexity index is 1060. The first-order valence-electron chi connectivity index (χ1n) is 7.72. The second-order valence-corrected chi connectivity index (χ2v) is 6.86. The summed E-state index contributed by atoms with van der Waals surface area (Å²) in [7, 11) is -1.58. The molecular weight excluding hydrogens is 358 g/mol. The van der Waals surface area contributed by atoms with Crippen molar-refractivity contribution in [3.63, 3.8) is 0 Å². The van der Waals surface area contributed by atoms with Gasteiger partial charge in [-0.1, -0.05) is 24.3 Å². The van der Waals surface area contributed by atoms with Crippen LogP contribution in [-0.2, 0) is 20.6 Å². The number of esters is 1. The van der Waals surface area contributed by atoms with Crippen LogP contribution in [0.15, 0.2) is 45.7 Å². The van der Waals surface area contributed by atoms with E-state index in [1.54, 1.807) is 30.3 Å². The largest absolute Gasteiger partial charge is 0.481 e. The Kier molecular flexibility index (Phi) is 3.77. The van der Waals surface area contributed by atoms with Crippen LogP contribution < -0.4 is 4.74 Å². The minimum absolute atomic E-state index is 0.0410.